The van der Waals surface area contributed by atoms with Gasteiger partial charge in [-0.2, -0.15) is 0 Å². The molecule has 490 valence electrons. The quantitative estimate of drug-likeness (QED) is 0.0285. The number of rotatable bonds is 31. The van der Waals surface area contributed by atoms with Crippen molar-refractivity contribution in [2.75, 3.05) is 37.8 Å². The zero-order chi connectivity index (χ0) is 65.4. The van der Waals surface area contributed by atoms with Crippen LogP contribution in [0, 0.1) is 5.92 Å². The van der Waals surface area contributed by atoms with Crippen LogP contribution >= 0.6 is 23.5 Å². The third kappa shape index (κ3) is 24.9. The third-order valence-corrected chi connectivity index (χ3v) is 15.6. The highest BCUT2D eigenvalue weighted by Gasteiger charge is 2.54. The third-order valence-electron chi connectivity index (χ3n) is 13.1. The lowest BCUT2D eigenvalue weighted by molar-refractivity contribution is -0.237. The predicted octanol–water partition coefficient (Wildman–Crippen LogP) is -2.35. The van der Waals surface area contributed by atoms with Gasteiger partial charge in [-0.05, 0) is 12.3 Å². The first-order valence-corrected chi connectivity index (χ1v) is 29.9. The van der Waals surface area contributed by atoms with E-state index in [1.807, 2.05) is 0 Å². The lowest BCUT2D eigenvalue weighted by Gasteiger charge is -2.44. The number of aliphatic carboxylic acids is 1. The Kier molecular flexibility index (Phi) is 29.8. The number of H-pyrrole nitrogens is 1. The Hall–Kier alpha value is -7.63. The highest BCUT2D eigenvalue weighted by Crippen LogP contribution is 2.37. The summed E-state index contributed by atoms with van der Waals surface area (Å²) in [5.41, 5.74) is 3.64. The minimum atomic E-state index is -1.88. The zero-order valence-corrected chi connectivity index (χ0v) is 51.2. The molecule has 3 fully saturated rings. The summed E-state index contributed by atoms with van der Waals surface area (Å²) < 4.78 is 56.1. The molecule has 9 N–H and O–H groups in total. The molecule has 35 heteroatoms. The molecule has 1 saturated carbocycles. The van der Waals surface area contributed by atoms with Gasteiger partial charge in [-0.15, -0.1) is 23.5 Å². The predicted molar refractivity (Wildman–Crippen MR) is 300 cm³/mol. The van der Waals surface area contributed by atoms with Crippen LogP contribution in [0.4, 0.5) is 0 Å². The van der Waals surface area contributed by atoms with E-state index >= 15 is 4.79 Å². The number of nitrogens with zero attached hydrogens (tertiary/aromatic N) is 1. The molecule has 0 bridgehead atoms. The maximum Gasteiger partial charge on any atom is 0.322 e. The molecule has 2 saturated heterocycles. The smallest absolute Gasteiger partial charge is 0.322 e. The molecule has 1 aromatic heterocycles. The van der Waals surface area contributed by atoms with Crippen molar-refractivity contribution in [3.63, 3.8) is 0 Å². The molecule has 1 aromatic rings. The fourth-order valence-corrected chi connectivity index (χ4v) is 11.9. The molecule has 0 radical (unpaired) electrons. The fraction of sp³-hybridized carbons (Fsp3) is 0.679. The number of carbonyl (C=O) groups excluding carboxylic acids is 13. The summed E-state index contributed by atoms with van der Waals surface area (Å²) in [6, 6.07) is -6.35. The van der Waals surface area contributed by atoms with Gasteiger partial charge < -0.3 is 89.8 Å². The normalized spacial score (nSPS) is 23.9. The SMILES string of the molecule is CC(=O)OC[C@H]1O[C@@H](SC[C@H](NC(=O)[C@H](CS[C@@H]2O[C@H](COC(C)=O)[C@H](OC(C)=O)[C@H](OC(C)=O)[C@H]2OC(C)=O)NC(=O)[C@H](Cc2cnc[nH]2)NC(=O)[C@@H](N)CC2CCCCC2)C(=O)NCC(=O)NCC(=O)O)[C@H](OC(C)=O)[C@@H](OC(C)=O)[C@H]1OC(C)=O. The maximum absolute atomic E-state index is 15.2. The average molecular weight is 1290 g/mol. The Morgan fingerprint density at radius 1 is 0.557 bits per heavy atom. The summed E-state index contributed by atoms with van der Waals surface area (Å²) in [6.07, 6.45) is -5.56. The summed E-state index contributed by atoms with van der Waals surface area (Å²) in [5, 5.41) is 21.2. The molecular weight excluding hydrogens is 1210 g/mol. The Labute approximate surface area is 513 Å². The molecule has 4 rings (SSSR count). The number of nitrogens with two attached hydrogens (primary N) is 1. The first kappa shape index (κ1) is 72.8. The molecule has 1 aliphatic carbocycles. The van der Waals surface area contributed by atoms with Gasteiger partial charge in [0.05, 0.1) is 18.9 Å². The molecule has 88 heavy (non-hydrogen) atoms. The largest absolute Gasteiger partial charge is 0.480 e. The van der Waals surface area contributed by atoms with Crippen LogP contribution < -0.4 is 32.3 Å². The number of amides is 5. The van der Waals surface area contributed by atoms with Crippen LogP contribution in [-0.4, -0.2) is 220 Å². The molecule has 0 unspecified atom stereocenters. The van der Waals surface area contributed by atoms with Crippen molar-refractivity contribution >= 4 is 107 Å². The van der Waals surface area contributed by atoms with Crippen LogP contribution in [0.5, 0.6) is 0 Å². The number of aromatic nitrogens is 2. The summed E-state index contributed by atoms with van der Waals surface area (Å²) in [5.74, 6) is -15.1. The van der Waals surface area contributed by atoms with Crippen molar-refractivity contribution in [2.24, 2.45) is 11.7 Å². The number of hydrogen-bond acceptors (Lipinski definition) is 28. The van der Waals surface area contributed by atoms with E-state index in [1.54, 1.807) is 0 Å². The zero-order valence-electron chi connectivity index (χ0n) is 49.6. The van der Waals surface area contributed by atoms with Crippen molar-refractivity contribution < 1.29 is 120 Å². The van der Waals surface area contributed by atoms with Gasteiger partial charge in [-0.3, -0.25) is 67.1 Å². The lowest BCUT2D eigenvalue weighted by atomic mass is 9.85. The van der Waals surface area contributed by atoms with E-state index in [0.717, 1.165) is 87.5 Å². The van der Waals surface area contributed by atoms with Crippen LogP contribution in [0.3, 0.4) is 0 Å². The molecule has 3 heterocycles. The molecule has 2 aliphatic heterocycles. The lowest BCUT2D eigenvalue weighted by Crippen LogP contribution is -2.62. The number of nitrogens with one attached hydrogen (secondary N) is 6. The van der Waals surface area contributed by atoms with Crippen molar-refractivity contribution in [3.05, 3.63) is 18.2 Å². The van der Waals surface area contributed by atoms with Crippen LogP contribution in [0.2, 0.25) is 0 Å². The number of imidazole rings is 1. The summed E-state index contributed by atoms with van der Waals surface area (Å²) in [4.78, 5) is 189. The van der Waals surface area contributed by atoms with Crippen molar-refractivity contribution in [1.29, 1.82) is 0 Å². The Morgan fingerprint density at radius 3 is 1.40 bits per heavy atom. The average Bonchev–Trinajstić information content (AvgIpc) is 1.90. The van der Waals surface area contributed by atoms with Crippen LogP contribution in [0.25, 0.3) is 0 Å². The van der Waals surface area contributed by atoms with Gasteiger partial charge in [0.25, 0.3) is 0 Å². The number of hydrogen-bond donors (Lipinski definition) is 8. The second-order valence-corrected chi connectivity index (χ2v) is 22.8. The summed E-state index contributed by atoms with van der Waals surface area (Å²) in [6.45, 7) is 5.04. The highest BCUT2D eigenvalue weighted by molar-refractivity contribution is 8.00. The molecule has 0 aromatic carbocycles. The van der Waals surface area contributed by atoms with E-state index < -0.39 is 205 Å². The molecule has 3 aliphatic rings. The van der Waals surface area contributed by atoms with E-state index in [4.69, 9.17) is 58.2 Å². The first-order chi connectivity index (χ1) is 41.5. The van der Waals surface area contributed by atoms with Crippen molar-refractivity contribution in [2.45, 2.75) is 184 Å². The molecule has 14 atom stereocenters. The molecule has 5 amide bonds. The topological polar surface area (TPSA) is 466 Å². The van der Waals surface area contributed by atoms with Gasteiger partial charge in [0.15, 0.2) is 36.6 Å². The minimum Gasteiger partial charge on any atom is -0.480 e. The molecular formula is C53H76N8O25S2. The van der Waals surface area contributed by atoms with E-state index in [2.05, 4.69) is 36.6 Å². The van der Waals surface area contributed by atoms with Gasteiger partial charge in [-0.25, -0.2) is 4.98 Å². The van der Waals surface area contributed by atoms with Crippen LogP contribution in [0.1, 0.15) is 99.6 Å². The second-order valence-electron chi connectivity index (χ2n) is 20.5. The van der Waals surface area contributed by atoms with Gasteiger partial charge >= 0.3 is 53.7 Å². The summed E-state index contributed by atoms with van der Waals surface area (Å²) >= 11 is 1.24. The van der Waals surface area contributed by atoms with Crippen molar-refractivity contribution in [1.82, 2.24) is 36.6 Å². The van der Waals surface area contributed by atoms with E-state index in [-0.39, 0.29) is 12.3 Å². The Balaban J connectivity index is 1.86. The van der Waals surface area contributed by atoms with E-state index in [9.17, 15) is 62.3 Å². The van der Waals surface area contributed by atoms with E-state index in [0.29, 0.717) is 35.6 Å². The number of esters is 8. The Bertz CT molecular complexity index is 2650. The second kappa shape index (κ2) is 36.0. The number of ether oxygens (including phenoxy) is 10. The fourth-order valence-electron chi connectivity index (χ4n) is 9.46. The van der Waals surface area contributed by atoms with Gasteiger partial charge in [0, 0.05) is 85.2 Å². The van der Waals surface area contributed by atoms with Crippen LogP contribution in [0.15, 0.2) is 12.5 Å². The molecule has 0 spiro atoms. The standard InChI is InChI=1S/C53H76N8O25S2/c1-24(62)77-19-38-42(79-26(3)64)44(81-28(5)66)46(83-30(7)68)52(85-38)87-21-36(49(74)57-17-40(70)56-18-41(71)72)60-51(76)37(61-50(75)35(15-33-16-55-23-58-33)59-48(73)34(54)14-32-12-10-9-11-13-32)22-88-53-47(84-31(8)69)45(82-29(6)67)43(80-27(4)65)39(86-53)20-78-25(2)63/h16,23,32,34-39,42-47,52-53H,9-15,17-22,54H2,1-8H3,(H,55,58)(H,56,70)(H,57,74)(H,59,73)(H,60,76)(H,61,75)(H,71,72)/t34-,35-,36-,37-,38+,39+,42-,43-,44-,45-,46+,47+,52-,53-/m0/s1. The van der Waals surface area contributed by atoms with Gasteiger partial charge in [0.2, 0.25) is 29.5 Å². The van der Waals surface area contributed by atoms with E-state index in [1.165, 1.54) is 12.5 Å². The van der Waals surface area contributed by atoms with Gasteiger partial charge in [0.1, 0.15) is 61.0 Å². The highest BCUT2D eigenvalue weighted by atomic mass is 32.2. The number of carbonyl (C=O) groups is 14. The maximum atomic E-state index is 15.2. The Morgan fingerprint density at radius 2 is 0.977 bits per heavy atom. The monoisotopic (exact) mass is 1290 g/mol. The minimum absolute atomic E-state index is 0.130. The van der Waals surface area contributed by atoms with Gasteiger partial charge in [-0.1, -0.05) is 32.1 Å². The van der Waals surface area contributed by atoms with Crippen LogP contribution in [-0.2, 0) is 121 Å². The number of thioether (sulfide) groups is 2. The van der Waals surface area contributed by atoms with Crippen molar-refractivity contribution in [3.8, 4) is 0 Å². The number of carboxylic acid groups (broad SMARTS) is 1. The summed E-state index contributed by atoms with van der Waals surface area (Å²) in [7, 11) is 0. The number of carboxylic acids is 1. The number of aromatic amines is 1. The molecule has 33 nitrogen and oxygen atoms in total. The first-order valence-electron chi connectivity index (χ1n) is 27.8.